The second-order valence-corrected chi connectivity index (χ2v) is 8.57. The van der Waals surface area contributed by atoms with Crippen molar-refractivity contribution in [2.75, 3.05) is 19.0 Å². The van der Waals surface area contributed by atoms with Crippen LogP contribution in [0.5, 0.6) is 5.75 Å². The molecule has 0 bridgehead atoms. The number of nitrogens with zero attached hydrogens (tertiary/aromatic N) is 2. The van der Waals surface area contributed by atoms with E-state index in [-0.39, 0.29) is 24.3 Å². The highest BCUT2D eigenvalue weighted by Gasteiger charge is 2.42. The van der Waals surface area contributed by atoms with Crippen molar-refractivity contribution >= 4 is 46.0 Å². The fourth-order valence-electron chi connectivity index (χ4n) is 3.68. The molecular formula is C20H26ClN3O3S. The van der Waals surface area contributed by atoms with Crippen molar-refractivity contribution in [1.82, 2.24) is 4.90 Å². The van der Waals surface area contributed by atoms with E-state index in [9.17, 15) is 9.59 Å². The molecular weight excluding hydrogens is 398 g/mol. The Hall–Kier alpha value is -1.73. The zero-order valence-corrected chi connectivity index (χ0v) is 17.8. The van der Waals surface area contributed by atoms with Gasteiger partial charge in [-0.1, -0.05) is 42.6 Å². The van der Waals surface area contributed by atoms with Gasteiger partial charge in [-0.15, -0.1) is 0 Å². The van der Waals surface area contributed by atoms with Crippen molar-refractivity contribution in [3.05, 3.63) is 23.2 Å². The molecule has 6 nitrogen and oxygen atoms in total. The normalized spacial score (nSPS) is 22.0. The summed E-state index contributed by atoms with van der Waals surface area (Å²) in [6.07, 6.45) is 5.60. The van der Waals surface area contributed by atoms with Crippen LogP contribution in [0.2, 0.25) is 5.02 Å². The third-order valence-electron chi connectivity index (χ3n) is 5.01. The number of amides is 2. The first-order valence-electron chi connectivity index (χ1n) is 9.71. The van der Waals surface area contributed by atoms with E-state index in [1.807, 2.05) is 11.8 Å². The Bertz CT molecular complexity index is 765. The molecule has 0 aromatic heterocycles. The number of ether oxygens (including phenoxy) is 1. The van der Waals surface area contributed by atoms with Crippen molar-refractivity contribution in [3.8, 4) is 5.75 Å². The molecule has 1 aromatic carbocycles. The summed E-state index contributed by atoms with van der Waals surface area (Å²) in [6, 6.07) is 5.24. The van der Waals surface area contributed by atoms with Gasteiger partial charge in [-0.05, 0) is 38.0 Å². The van der Waals surface area contributed by atoms with E-state index in [1.54, 1.807) is 18.2 Å². The lowest BCUT2D eigenvalue weighted by Gasteiger charge is -2.30. The van der Waals surface area contributed by atoms with Crippen LogP contribution in [0.3, 0.4) is 0 Å². The molecule has 1 atom stereocenters. The van der Waals surface area contributed by atoms with Gasteiger partial charge in [0.25, 0.3) is 0 Å². The number of hydrogen-bond donors (Lipinski definition) is 1. The Labute approximate surface area is 175 Å². The molecule has 28 heavy (non-hydrogen) atoms. The first-order valence-corrected chi connectivity index (χ1v) is 11.0. The largest absolute Gasteiger partial charge is 0.495 e. The predicted molar refractivity (Wildman–Crippen MR) is 114 cm³/mol. The van der Waals surface area contributed by atoms with Crippen LogP contribution in [0, 0.1) is 0 Å². The summed E-state index contributed by atoms with van der Waals surface area (Å²) < 4.78 is 5.26. The molecule has 8 heteroatoms. The minimum atomic E-state index is -0.447. The molecule has 1 unspecified atom stereocenters. The second kappa shape index (κ2) is 9.65. The van der Waals surface area contributed by atoms with Gasteiger partial charge in [0.05, 0.1) is 12.8 Å². The minimum Gasteiger partial charge on any atom is -0.495 e. The molecule has 2 amide bonds. The van der Waals surface area contributed by atoms with Crippen LogP contribution in [0.1, 0.15) is 45.4 Å². The number of nitrogens with one attached hydrogen (secondary N) is 1. The van der Waals surface area contributed by atoms with Crippen molar-refractivity contribution in [3.63, 3.8) is 0 Å². The van der Waals surface area contributed by atoms with Gasteiger partial charge in [-0.25, -0.2) is 0 Å². The highest BCUT2D eigenvalue weighted by Crippen LogP contribution is 2.36. The predicted octanol–water partition coefficient (Wildman–Crippen LogP) is 4.33. The molecule has 1 aliphatic heterocycles. The topological polar surface area (TPSA) is 71.0 Å². The molecule has 3 rings (SSSR count). The van der Waals surface area contributed by atoms with Gasteiger partial charge in [0.1, 0.15) is 11.0 Å². The van der Waals surface area contributed by atoms with E-state index < -0.39 is 5.25 Å². The van der Waals surface area contributed by atoms with Gasteiger partial charge in [0, 0.05) is 24.0 Å². The maximum Gasteiger partial charge on any atom is 0.242 e. The number of rotatable bonds is 6. The summed E-state index contributed by atoms with van der Waals surface area (Å²) in [5.74, 6) is 0.283. The molecule has 0 spiro atoms. The molecule has 1 aromatic rings. The molecule has 1 saturated carbocycles. The standard InChI is InChI=1S/C20H26ClN3O3S/c1-3-22-20-24(14-7-5-4-6-8-14)19(26)17(28-20)12-18(25)23-15-11-13(21)9-10-16(15)27-2/h9-11,14,17H,3-8,12H2,1-2H3,(H,23,25). The Morgan fingerprint density at radius 2 is 2.11 bits per heavy atom. The number of anilines is 1. The molecule has 0 radical (unpaired) electrons. The number of methoxy groups -OCH3 is 1. The van der Waals surface area contributed by atoms with Gasteiger partial charge in [0.15, 0.2) is 5.17 Å². The van der Waals surface area contributed by atoms with Gasteiger partial charge < -0.3 is 10.1 Å². The van der Waals surface area contributed by atoms with Gasteiger partial charge in [-0.3, -0.25) is 19.5 Å². The second-order valence-electron chi connectivity index (χ2n) is 6.96. The monoisotopic (exact) mass is 423 g/mol. The number of hydrogen-bond acceptors (Lipinski definition) is 5. The van der Waals surface area contributed by atoms with Crippen molar-refractivity contribution < 1.29 is 14.3 Å². The molecule has 1 N–H and O–H groups in total. The first-order chi connectivity index (χ1) is 13.5. The zero-order valence-electron chi connectivity index (χ0n) is 16.2. The summed E-state index contributed by atoms with van der Waals surface area (Å²) in [7, 11) is 1.53. The van der Waals surface area contributed by atoms with Crippen molar-refractivity contribution in [1.29, 1.82) is 0 Å². The number of carbonyl (C=O) groups is 2. The number of amidine groups is 1. The number of thioether (sulfide) groups is 1. The number of halogens is 1. The van der Waals surface area contributed by atoms with Gasteiger partial charge in [-0.2, -0.15) is 0 Å². The summed E-state index contributed by atoms with van der Waals surface area (Å²) in [4.78, 5) is 32.0. The quantitative estimate of drug-likeness (QED) is 0.739. The van der Waals surface area contributed by atoms with E-state index in [0.29, 0.717) is 23.0 Å². The highest BCUT2D eigenvalue weighted by atomic mass is 35.5. The fourth-order valence-corrected chi connectivity index (χ4v) is 5.12. The maximum atomic E-state index is 13.1. The number of benzene rings is 1. The Morgan fingerprint density at radius 1 is 1.36 bits per heavy atom. The SMILES string of the molecule is CCN=C1SC(CC(=O)Nc2cc(Cl)ccc2OC)C(=O)N1C1CCCCC1. The smallest absolute Gasteiger partial charge is 0.242 e. The maximum absolute atomic E-state index is 13.1. The van der Waals surface area contributed by atoms with E-state index >= 15 is 0 Å². The lowest BCUT2D eigenvalue weighted by atomic mass is 9.94. The average Bonchev–Trinajstić information content (AvgIpc) is 2.98. The highest BCUT2D eigenvalue weighted by molar-refractivity contribution is 8.15. The van der Waals surface area contributed by atoms with E-state index in [0.717, 1.165) is 30.9 Å². The third kappa shape index (κ3) is 4.81. The summed E-state index contributed by atoms with van der Waals surface area (Å²) in [5.41, 5.74) is 0.502. The van der Waals surface area contributed by atoms with Crippen LogP contribution in [-0.4, -0.2) is 46.8 Å². The van der Waals surface area contributed by atoms with Gasteiger partial charge in [0.2, 0.25) is 11.8 Å². The fraction of sp³-hybridized carbons (Fsp3) is 0.550. The summed E-state index contributed by atoms with van der Waals surface area (Å²) >= 11 is 7.43. The molecule has 2 fully saturated rings. The lowest BCUT2D eigenvalue weighted by molar-refractivity contribution is -0.130. The van der Waals surface area contributed by atoms with Crippen LogP contribution >= 0.6 is 23.4 Å². The molecule has 1 saturated heterocycles. The van der Waals surface area contributed by atoms with E-state index in [4.69, 9.17) is 16.3 Å². The van der Waals surface area contributed by atoms with Crippen LogP contribution < -0.4 is 10.1 Å². The lowest BCUT2D eigenvalue weighted by Crippen LogP contribution is -2.42. The van der Waals surface area contributed by atoms with Crippen molar-refractivity contribution in [2.45, 2.75) is 56.7 Å². The third-order valence-corrected chi connectivity index (χ3v) is 6.43. The first kappa shape index (κ1) is 21.0. The molecule has 2 aliphatic rings. The summed E-state index contributed by atoms with van der Waals surface area (Å²) in [6.45, 7) is 2.58. The minimum absolute atomic E-state index is 0.00249. The van der Waals surface area contributed by atoms with Crippen LogP contribution in [0.15, 0.2) is 23.2 Å². The number of carbonyl (C=O) groups excluding carboxylic acids is 2. The number of aliphatic imine (C=N–C) groups is 1. The molecule has 152 valence electrons. The van der Waals surface area contributed by atoms with Crippen LogP contribution in [0.25, 0.3) is 0 Å². The Morgan fingerprint density at radius 3 is 2.79 bits per heavy atom. The average molecular weight is 424 g/mol. The van der Waals surface area contributed by atoms with E-state index in [1.165, 1.54) is 25.3 Å². The summed E-state index contributed by atoms with van der Waals surface area (Å²) in [5, 5.41) is 3.64. The van der Waals surface area contributed by atoms with Crippen LogP contribution in [0.4, 0.5) is 5.69 Å². The van der Waals surface area contributed by atoms with E-state index in [2.05, 4.69) is 10.3 Å². The Kier molecular flexibility index (Phi) is 7.24. The Balaban J connectivity index is 1.70. The zero-order chi connectivity index (χ0) is 20.1. The van der Waals surface area contributed by atoms with Gasteiger partial charge >= 0.3 is 0 Å². The molecule has 1 heterocycles. The van der Waals surface area contributed by atoms with Crippen LogP contribution in [-0.2, 0) is 9.59 Å². The van der Waals surface area contributed by atoms with Crippen molar-refractivity contribution in [2.24, 2.45) is 4.99 Å². The molecule has 1 aliphatic carbocycles.